The molecule has 1 heterocycles. The highest BCUT2D eigenvalue weighted by atomic mass is 16.4. The molecule has 0 unspecified atom stereocenters. The molecule has 2 fully saturated rings. The number of hydrogen-bond donors (Lipinski definition) is 3. The maximum atomic E-state index is 12.0. The highest BCUT2D eigenvalue weighted by Crippen LogP contribution is 2.39. The summed E-state index contributed by atoms with van der Waals surface area (Å²) in [7, 11) is 0. The number of aromatic nitrogens is 2. The molecule has 102 valence electrons. The van der Waals surface area contributed by atoms with Crippen LogP contribution in [0.15, 0.2) is 6.07 Å². The van der Waals surface area contributed by atoms with E-state index in [1.165, 1.54) is 0 Å². The molecule has 3 rings (SSSR count). The number of carboxylic acids is 1. The molecule has 2 atom stereocenters. The number of nitrogens with zero attached hydrogens (tertiary/aromatic N) is 1. The zero-order valence-electron chi connectivity index (χ0n) is 10.6. The zero-order valence-corrected chi connectivity index (χ0v) is 10.6. The van der Waals surface area contributed by atoms with Crippen molar-refractivity contribution in [3.63, 3.8) is 0 Å². The first kappa shape index (κ1) is 12.2. The normalized spacial score (nSPS) is 26.3. The third kappa shape index (κ3) is 2.62. The second-order valence-corrected chi connectivity index (χ2v) is 5.50. The minimum Gasteiger partial charge on any atom is -0.481 e. The van der Waals surface area contributed by atoms with Gasteiger partial charge in [-0.25, -0.2) is 0 Å². The van der Waals surface area contributed by atoms with Gasteiger partial charge < -0.3 is 10.4 Å². The number of H-pyrrole nitrogens is 1. The van der Waals surface area contributed by atoms with Gasteiger partial charge in [-0.2, -0.15) is 5.10 Å². The Morgan fingerprint density at radius 3 is 2.74 bits per heavy atom. The lowest BCUT2D eigenvalue weighted by Gasteiger charge is -2.10. The molecule has 0 aliphatic heterocycles. The molecule has 0 bridgehead atoms. The van der Waals surface area contributed by atoms with Gasteiger partial charge in [0.2, 0.25) is 0 Å². The van der Waals surface area contributed by atoms with Crippen LogP contribution < -0.4 is 5.32 Å². The van der Waals surface area contributed by atoms with Crippen molar-refractivity contribution in [2.45, 2.75) is 44.1 Å². The summed E-state index contributed by atoms with van der Waals surface area (Å²) in [5, 5.41) is 18.7. The van der Waals surface area contributed by atoms with Crippen molar-refractivity contribution in [2.75, 3.05) is 0 Å². The highest BCUT2D eigenvalue weighted by Gasteiger charge is 2.31. The number of amides is 1. The fourth-order valence-electron chi connectivity index (χ4n) is 2.65. The second kappa shape index (κ2) is 4.68. The number of hydrogen-bond acceptors (Lipinski definition) is 3. The van der Waals surface area contributed by atoms with E-state index in [9.17, 15) is 9.59 Å². The smallest absolute Gasteiger partial charge is 0.306 e. The van der Waals surface area contributed by atoms with Crippen LogP contribution in [0.5, 0.6) is 0 Å². The van der Waals surface area contributed by atoms with Crippen LogP contribution in [0.25, 0.3) is 0 Å². The standard InChI is InChI=1S/C13H17N3O3/c17-12(11-6-10(15-16-11)7-1-2-7)14-9-4-3-8(5-9)13(18)19/h6-9H,1-5H2,(H,14,17)(H,15,16)(H,18,19)/t8-,9+/m0/s1. The Morgan fingerprint density at radius 2 is 2.11 bits per heavy atom. The molecule has 0 radical (unpaired) electrons. The number of carbonyl (C=O) groups is 2. The Bertz CT molecular complexity index is 507. The minimum atomic E-state index is -0.771. The minimum absolute atomic E-state index is 0.0466. The summed E-state index contributed by atoms with van der Waals surface area (Å²) in [5.41, 5.74) is 1.43. The van der Waals surface area contributed by atoms with Crippen LogP contribution in [-0.4, -0.2) is 33.2 Å². The van der Waals surface area contributed by atoms with Crippen molar-refractivity contribution < 1.29 is 14.7 Å². The molecule has 2 aliphatic rings. The third-order valence-electron chi connectivity index (χ3n) is 3.96. The number of aromatic amines is 1. The molecule has 1 aromatic rings. The summed E-state index contributed by atoms with van der Waals surface area (Å²) in [6, 6.07) is 1.76. The summed E-state index contributed by atoms with van der Waals surface area (Å²) >= 11 is 0. The van der Waals surface area contributed by atoms with Crippen LogP contribution in [0, 0.1) is 5.92 Å². The van der Waals surface area contributed by atoms with Crippen LogP contribution in [0.3, 0.4) is 0 Å². The maximum absolute atomic E-state index is 12.0. The van der Waals surface area contributed by atoms with Crippen LogP contribution in [0.2, 0.25) is 0 Å². The molecule has 1 amide bonds. The topological polar surface area (TPSA) is 95.1 Å². The molecule has 0 aromatic carbocycles. The molecule has 6 heteroatoms. The molecule has 6 nitrogen and oxygen atoms in total. The van der Waals surface area contributed by atoms with Crippen LogP contribution in [-0.2, 0) is 4.79 Å². The third-order valence-corrected chi connectivity index (χ3v) is 3.96. The first-order valence-corrected chi connectivity index (χ1v) is 6.72. The Hall–Kier alpha value is -1.85. The SMILES string of the molecule is O=C(N[C@@H]1CC[C@H](C(=O)O)C1)c1cc(C2CC2)[nH]n1. The molecule has 19 heavy (non-hydrogen) atoms. The summed E-state index contributed by atoms with van der Waals surface area (Å²) in [5.74, 6) is -0.768. The molecule has 1 aromatic heterocycles. The lowest BCUT2D eigenvalue weighted by molar-refractivity contribution is -0.141. The first-order valence-electron chi connectivity index (χ1n) is 6.72. The molecule has 2 saturated carbocycles. The van der Waals surface area contributed by atoms with Gasteiger partial charge in [0.1, 0.15) is 5.69 Å². The monoisotopic (exact) mass is 263 g/mol. The lowest BCUT2D eigenvalue weighted by atomic mass is 10.1. The predicted octanol–water partition coefficient (Wildman–Crippen LogP) is 1.27. The van der Waals surface area contributed by atoms with Gasteiger partial charge in [-0.3, -0.25) is 14.7 Å². The van der Waals surface area contributed by atoms with Gasteiger partial charge in [0, 0.05) is 17.7 Å². The van der Waals surface area contributed by atoms with E-state index in [2.05, 4.69) is 15.5 Å². The van der Waals surface area contributed by atoms with Crippen molar-refractivity contribution in [3.05, 3.63) is 17.5 Å². The van der Waals surface area contributed by atoms with Crippen molar-refractivity contribution in [1.82, 2.24) is 15.5 Å². The van der Waals surface area contributed by atoms with Gasteiger partial charge >= 0.3 is 5.97 Å². The van der Waals surface area contributed by atoms with Crippen LogP contribution in [0.1, 0.15) is 54.2 Å². The number of nitrogens with one attached hydrogen (secondary N) is 2. The lowest BCUT2D eigenvalue weighted by Crippen LogP contribution is -2.33. The number of carboxylic acid groups (broad SMARTS) is 1. The maximum Gasteiger partial charge on any atom is 0.306 e. The van der Waals surface area contributed by atoms with Gasteiger partial charge in [0.25, 0.3) is 5.91 Å². The van der Waals surface area contributed by atoms with E-state index in [1.54, 1.807) is 6.07 Å². The van der Waals surface area contributed by atoms with Gasteiger partial charge in [-0.15, -0.1) is 0 Å². The average Bonchev–Trinajstić information content (AvgIpc) is 2.92. The molecular weight excluding hydrogens is 246 g/mol. The first-order chi connectivity index (χ1) is 9.13. The molecule has 0 spiro atoms. The summed E-state index contributed by atoms with van der Waals surface area (Å²) in [4.78, 5) is 22.9. The van der Waals surface area contributed by atoms with E-state index in [4.69, 9.17) is 5.11 Å². The molecule has 0 saturated heterocycles. The number of carbonyl (C=O) groups excluding carboxylic acids is 1. The van der Waals surface area contributed by atoms with Crippen LogP contribution in [0.4, 0.5) is 0 Å². The van der Waals surface area contributed by atoms with Crippen molar-refractivity contribution in [1.29, 1.82) is 0 Å². The Labute approximate surface area is 110 Å². The molecular formula is C13H17N3O3. The average molecular weight is 263 g/mol. The molecule has 3 N–H and O–H groups in total. The highest BCUT2D eigenvalue weighted by molar-refractivity contribution is 5.92. The van der Waals surface area contributed by atoms with E-state index >= 15 is 0 Å². The fraction of sp³-hybridized carbons (Fsp3) is 0.615. The Kier molecular flexibility index (Phi) is 3.00. The van der Waals surface area contributed by atoms with Gasteiger partial charge in [0.05, 0.1) is 5.92 Å². The van der Waals surface area contributed by atoms with E-state index in [0.29, 0.717) is 24.5 Å². The van der Waals surface area contributed by atoms with E-state index < -0.39 is 5.97 Å². The van der Waals surface area contributed by atoms with Crippen molar-refractivity contribution in [3.8, 4) is 0 Å². The predicted molar refractivity (Wildman–Crippen MR) is 66.8 cm³/mol. The Morgan fingerprint density at radius 1 is 1.32 bits per heavy atom. The fourth-order valence-corrected chi connectivity index (χ4v) is 2.65. The molecule has 2 aliphatic carbocycles. The van der Waals surface area contributed by atoms with E-state index in [1.807, 2.05) is 0 Å². The van der Waals surface area contributed by atoms with E-state index in [-0.39, 0.29) is 17.9 Å². The largest absolute Gasteiger partial charge is 0.481 e. The van der Waals surface area contributed by atoms with Gasteiger partial charge in [0.15, 0.2) is 0 Å². The summed E-state index contributed by atoms with van der Waals surface area (Å²) < 4.78 is 0. The van der Waals surface area contributed by atoms with Crippen molar-refractivity contribution >= 4 is 11.9 Å². The van der Waals surface area contributed by atoms with E-state index in [0.717, 1.165) is 25.0 Å². The van der Waals surface area contributed by atoms with Gasteiger partial charge in [-0.1, -0.05) is 0 Å². The van der Waals surface area contributed by atoms with Crippen molar-refractivity contribution in [2.24, 2.45) is 5.92 Å². The zero-order chi connectivity index (χ0) is 13.4. The summed E-state index contributed by atoms with van der Waals surface area (Å²) in [6.07, 6.45) is 4.19. The number of rotatable bonds is 4. The quantitative estimate of drug-likeness (QED) is 0.762. The summed E-state index contributed by atoms with van der Waals surface area (Å²) in [6.45, 7) is 0. The van der Waals surface area contributed by atoms with Gasteiger partial charge in [-0.05, 0) is 38.2 Å². The second-order valence-electron chi connectivity index (χ2n) is 5.50. The van der Waals surface area contributed by atoms with Crippen LogP contribution >= 0.6 is 0 Å². The Balaban J connectivity index is 1.57. The number of aliphatic carboxylic acids is 1.